The molecule has 0 saturated carbocycles. The van der Waals surface area contributed by atoms with Gasteiger partial charge in [0.15, 0.2) is 10.1 Å². The average molecular weight is 451 g/mol. The number of thiazole rings is 1. The van der Waals surface area contributed by atoms with Crippen molar-refractivity contribution in [1.82, 2.24) is 4.98 Å². The maximum absolute atomic E-state index is 12.1. The minimum Gasteiger partial charge on any atom is -0.494 e. The lowest BCUT2D eigenvalue weighted by Crippen LogP contribution is -2.33. The fraction of sp³-hybridized carbons (Fsp3) is 0.211. The number of ether oxygens (including phenoxy) is 1. The molecule has 0 fully saturated rings. The summed E-state index contributed by atoms with van der Waals surface area (Å²) in [6, 6.07) is 11.7. The number of aromatic amines is 1. The van der Waals surface area contributed by atoms with Crippen LogP contribution in [-0.2, 0) is 0 Å². The normalized spacial score (nSPS) is 12.0. The molecule has 3 aromatic rings. The molecule has 0 unspecified atom stereocenters. The van der Waals surface area contributed by atoms with E-state index in [1.807, 2.05) is 6.19 Å². The van der Waals surface area contributed by atoms with Gasteiger partial charge in [0.1, 0.15) is 5.75 Å². The second-order valence-electron chi connectivity index (χ2n) is 6.16. The number of alkyl halides is 3. The van der Waals surface area contributed by atoms with Crippen molar-refractivity contribution < 1.29 is 17.9 Å². The second-order valence-corrected chi connectivity index (χ2v) is 7.88. The standard InChI is InChI=1S/C19H16F3N5OS2/c20-19(21,22)8-1-9-28-14-5-2-12(3-6-14)25-17(24)27(11-23)13-4-7-15-16(10-13)30-18(29)26-15/h2-7,10H,1,8-9H2,(H2,24,25)(H,26,29). The molecule has 1 heterocycles. The number of aromatic nitrogens is 1. The van der Waals surface area contributed by atoms with Gasteiger partial charge >= 0.3 is 6.18 Å². The topological polar surface area (TPSA) is 90.4 Å². The zero-order valence-electron chi connectivity index (χ0n) is 15.4. The first-order valence-corrected chi connectivity index (χ1v) is 9.94. The van der Waals surface area contributed by atoms with Gasteiger partial charge in [0.05, 0.1) is 28.2 Å². The van der Waals surface area contributed by atoms with Crippen LogP contribution in [0.4, 0.5) is 24.5 Å². The summed E-state index contributed by atoms with van der Waals surface area (Å²) in [6.07, 6.45) is -3.20. The summed E-state index contributed by atoms with van der Waals surface area (Å²) in [5, 5.41) is 9.52. The molecule has 6 nitrogen and oxygen atoms in total. The number of hydrogen-bond donors (Lipinski definition) is 2. The Kier molecular flexibility index (Phi) is 6.59. The Morgan fingerprint density at radius 1 is 1.27 bits per heavy atom. The molecule has 0 bridgehead atoms. The van der Waals surface area contributed by atoms with Crippen LogP contribution >= 0.6 is 23.6 Å². The highest BCUT2D eigenvalue weighted by molar-refractivity contribution is 7.73. The molecule has 0 spiro atoms. The van der Waals surface area contributed by atoms with Crippen LogP contribution in [0.2, 0.25) is 0 Å². The van der Waals surface area contributed by atoms with E-state index in [0.29, 0.717) is 21.1 Å². The Morgan fingerprint density at radius 2 is 2.00 bits per heavy atom. The summed E-state index contributed by atoms with van der Waals surface area (Å²) >= 11 is 6.51. The number of guanidine groups is 1. The number of nitrogens with zero attached hydrogens (tertiary/aromatic N) is 3. The van der Waals surface area contributed by atoms with Crippen molar-refractivity contribution in [3.63, 3.8) is 0 Å². The van der Waals surface area contributed by atoms with Crippen LogP contribution < -0.4 is 15.4 Å². The van der Waals surface area contributed by atoms with Crippen molar-refractivity contribution in [1.29, 1.82) is 5.26 Å². The number of hydrogen-bond acceptors (Lipinski definition) is 5. The first-order chi connectivity index (χ1) is 14.2. The number of benzene rings is 2. The van der Waals surface area contributed by atoms with Crippen molar-refractivity contribution in [2.24, 2.45) is 10.7 Å². The van der Waals surface area contributed by atoms with Crippen molar-refractivity contribution in [2.45, 2.75) is 19.0 Å². The van der Waals surface area contributed by atoms with Crippen molar-refractivity contribution in [3.05, 3.63) is 46.4 Å². The van der Waals surface area contributed by atoms with E-state index in [-0.39, 0.29) is 19.0 Å². The van der Waals surface area contributed by atoms with Gasteiger partial charge in [0, 0.05) is 6.42 Å². The Balaban J connectivity index is 1.68. The van der Waals surface area contributed by atoms with Crippen LogP contribution in [0, 0.1) is 15.4 Å². The monoisotopic (exact) mass is 451 g/mol. The highest BCUT2D eigenvalue weighted by Gasteiger charge is 2.26. The van der Waals surface area contributed by atoms with Crippen LogP contribution in [-0.4, -0.2) is 23.7 Å². The summed E-state index contributed by atoms with van der Waals surface area (Å²) in [7, 11) is 0. The molecule has 156 valence electrons. The summed E-state index contributed by atoms with van der Waals surface area (Å²) in [4.78, 5) is 8.46. The van der Waals surface area contributed by atoms with Crippen LogP contribution in [0.5, 0.6) is 5.75 Å². The zero-order valence-corrected chi connectivity index (χ0v) is 17.1. The van der Waals surface area contributed by atoms with Gasteiger partial charge in [-0.05, 0) is 61.1 Å². The fourth-order valence-electron chi connectivity index (χ4n) is 2.58. The smallest absolute Gasteiger partial charge is 0.389 e. The van der Waals surface area contributed by atoms with E-state index in [1.165, 1.54) is 16.2 Å². The molecule has 30 heavy (non-hydrogen) atoms. The Hall–Kier alpha value is -3.10. The number of aliphatic imine (C=N–C) groups is 1. The predicted octanol–water partition coefficient (Wildman–Crippen LogP) is 5.61. The third-order valence-corrected chi connectivity index (χ3v) is 5.14. The lowest BCUT2D eigenvalue weighted by atomic mass is 10.3. The zero-order chi connectivity index (χ0) is 21.7. The molecule has 3 N–H and O–H groups in total. The minimum atomic E-state index is -4.19. The summed E-state index contributed by atoms with van der Waals surface area (Å²) in [6.45, 7) is -0.0406. The molecule has 2 aromatic carbocycles. The van der Waals surface area contributed by atoms with Gasteiger partial charge in [-0.1, -0.05) is 0 Å². The molecule has 1 aromatic heterocycles. The first-order valence-electron chi connectivity index (χ1n) is 8.72. The van der Waals surface area contributed by atoms with E-state index in [0.717, 1.165) is 10.2 Å². The SMILES string of the molecule is N#CN(C(N)=Nc1ccc(OCCCC(F)(F)F)cc1)c1ccc2[nH]c(=S)sc2c1. The van der Waals surface area contributed by atoms with Crippen LogP contribution in [0.1, 0.15) is 12.8 Å². The number of rotatable bonds is 6. The molecule has 0 radical (unpaired) electrons. The lowest BCUT2D eigenvalue weighted by Gasteiger charge is -2.14. The lowest BCUT2D eigenvalue weighted by molar-refractivity contribution is -0.136. The van der Waals surface area contributed by atoms with E-state index in [2.05, 4.69) is 9.98 Å². The Morgan fingerprint density at radius 3 is 2.67 bits per heavy atom. The third-order valence-electron chi connectivity index (χ3n) is 3.95. The Labute approximate surface area is 179 Å². The quantitative estimate of drug-likeness (QED) is 0.127. The van der Waals surface area contributed by atoms with Gasteiger partial charge in [0.25, 0.3) is 0 Å². The number of fused-ring (bicyclic) bond motifs is 1. The molecule has 0 saturated heterocycles. The third kappa shape index (κ3) is 5.71. The maximum atomic E-state index is 12.1. The van der Waals surface area contributed by atoms with Crippen LogP contribution in [0.3, 0.4) is 0 Å². The minimum absolute atomic E-state index is 0.0326. The molecule has 0 aliphatic rings. The van der Waals surface area contributed by atoms with E-state index in [9.17, 15) is 18.4 Å². The molecule has 0 atom stereocenters. The number of nitrogens with two attached hydrogens (primary N) is 1. The number of nitriles is 1. The Bertz CT molecular complexity index is 1150. The molecular formula is C19H16F3N5OS2. The second kappa shape index (κ2) is 9.15. The summed E-state index contributed by atoms with van der Waals surface area (Å²) in [5.74, 6) is 0.390. The van der Waals surface area contributed by atoms with E-state index < -0.39 is 12.6 Å². The van der Waals surface area contributed by atoms with Crippen molar-refractivity contribution >= 4 is 51.1 Å². The fourth-order valence-corrected chi connectivity index (χ4v) is 3.72. The summed E-state index contributed by atoms with van der Waals surface area (Å²) < 4.78 is 43.2. The molecular weight excluding hydrogens is 435 g/mol. The van der Waals surface area contributed by atoms with E-state index in [4.69, 9.17) is 22.7 Å². The summed E-state index contributed by atoms with van der Waals surface area (Å²) in [5.41, 5.74) is 7.89. The number of halogens is 3. The van der Waals surface area contributed by atoms with Crippen LogP contribution in [0.25, 0.3) is 10.2 Å². The number of anilines is 1. The molecule has 0 amide bonds. The maximum Gasteiger partial charge on any atom is 0.389 e. The van der Waals surface area contributed by atoms with E-state index in [1.54, 1.807) is 42.5 Å². The largest absolute Gasteiger partial charge is 0.494 e. The average Bonchev–Trinajstić information content (AvgIpc) is 3.06. The van der Waals surface area contributed by atoms with Gasteiger partial charge in [-0.3, -0.25) is 0 Å². The number of nitrogens with one attached hydrogen (secondary N) is 1. The number of H-pyrrole nitrogens is 1. The predicted molar refractivity (Wildman–Crippen MR) is 114 cm³/mol. The van der Waals surface area contributed by atoms with Gasteiger partial charge in [-0.15, -0.1) is 11.3 Å². The van der Waals surface area contributed by atoms with Gasteiger partial charge in [-0.25, -0.2) is 9.89 Å². The highest BCUT2D eigenvalue weighted by Crippen LogP contribution is 2.26. The first kappa shape index (κ1) is 21.6. The molecule has 11 heteroatoms. The van der Waals surface area contributed by atoms with Crippen molar-refractivity contribution in [3.8, 4) is 11.9 Å². The van der Waals surface area contributed by atoms with Crippen LogP contribution in [0.15, 0.2) is 47.5 Å². The highest BCUT2D eigenvalue weighted by atomic mass is 32.1. The van der Waals surface area contributed by atoms with Gasteiger partial charge in [0.2, 0.25) is 5.96 Å². The molecule has 3 rings (SSSR count). The van der Waals surface area contributed by atoms with E-state index >= 15 is 0 Å². The molecule has 0 aliphatic carbocycles. The van der Waals surface area contributed by atoms with Crippen molar-refractivity contribution in [2.75, 3.05) is 11.5 Å². The molecule has 0 aliphatic heterocycles. The van der Waals surface area contributed by atoms with Gasteiger partial charge < -0.3 is 15.5 Å². The van der Waals surface area contributed by atoms with Gasteiger partial charge in [-0.2, -0.15) is 18.4 Å².